The first-order valence-corrected chi connectivity index (χ1v) is 9.32. The molecule has 0 aliphatic heterocycles. The monoisotopic (exact) mass is 416 g/mol. The molecule has 1 aliphatic carbocycles. The van der Waals surface area contributed by atoms with Crippen molar-refractivity contribution in [2.24, 2.45) is 0 Å². The largest absolute Gasteiger partial charge is 0.505 e. The molecule has 0 heterocycles. The average molecular weight is 416 g/mol. The van der Waals surface area contributed by atoms with Gasteiger partial charge < -0.3 is 19.3 Å². The van der Waals surface area contributed by atoms with Crippen molar-refractivity contribution in [1.82, 2.24) is 0 Å². The van der Waals surface area contributed by atoms with E-state index in [9.17, 15) is 23.9 Å². The molecule has 0 unspecified atom stereocenters. The van der Waals surface area contributed by atoms with Crippen LogP contribution in [0.15, 0.2) is 30.3 Å². The van der Waals surface area contributed by atoms with Gasteiger partial charge in [-0.3, -0.25) is 14.4 Å². The van der Waals surface area contributed by atoms with Gasteiger partial charge in [0.1, 0.15) is 17.6 Å². The Bertz CT molecular complexity index is 1010. The Morgan fingerprint density at radius 1 is 0.967 bits per heavy atom. The van der Waals surface area contributed by atoms with Crippen molar-refractivity contribution in [3.8, 4) is 17.2 Å². The van der Waals surface area contributed by atoms with E-state index in [-0.39, 0.29) is 17.9 Å². The highest BCUT2D eigenvalue weighted by Crippen LogP contribution is 2.41. The number of carbonyl (C=O) groups is 3. The fourth-order valence-electron chi connectivity index (χ4n) is 3.70. The van der Waals surface area contributed by atoms with Crippen LogP contribution in [0.3, 0.4) is 0 Å². The molecule has 2 aromatic rings. The summed E-state index contributed by atoms with van der Waals surface area (Å²) in [4.78, 5) is 34.6. The minimum Gasteiger partial charge on any atom is -0.505 e. The molecule has 3 rings (SSSR count). The molecule has 158 valence electrons. The number of fused-ring (bicyclic) bond motifs is 1. The van der Waals surface area contributed by atoms with Crippen molar-refractivity contribution < 1.29 is 38.1 Å². The van der Waals surface area contributed by atoms with Gasteiger partial charge in [-0.2, -0.15) is 0 Å². The van der Waals surface area contributed by atoms with Crippen LogP contribution in [0.25, 0.3) is 0 Å². The van der Waals surface area contributed by atoms with Crippen LogP contribution in [0.4, 0.5) is 4.39 Å². The van der Waals surface area contributed by atoms with Crippen LogP contribution in [0.1, 0.15) is 43.4 Å². The summed E-state index contributed by atoms with van der Waals surface area (Å²) in [7, 11) is 0. The molecular formula is C22H21FO7. The Hall–Kier alpha value is -3.42. The number of hydrogen-bond donors (Lipinski definition) is 1. The summed E-state index contributed by atoms with van der Waals surface area (Å²) in [6, 6.07) is 7.06. The lowest BCUT2D eigenvalue weighted by Gasteiger charge is -2.34. The first kappa shape index (κ1) is 21.3. The van der Waals surface area contributed by atoms with Crippen molar-refractivity contribution in [2.75, 3.05) is 0 Å². The summed E-state index contributed by atoms with van der Waals surface area (Å²) in [5.74, 6) is -2.81. The van der Waals surface area contributed by atoms with Gasteiger partial charge in [-0.15, -0.1) is 0 Å². The van der Waals surface area contributed by atoms with Crippen molar-refractivity contribution in [2.45, 2.75) is 45.6 Å². The minimum absolute atomic E-state index is 0.212. The van der Waals surface area contributed by atoms with Crippen LogP contribution in [-0.4, -0.2) is 29.1 Å². The number of esters is 3. The highest BCUT2D eigenvalue weighted by molar-refractivity contribution is 5.72. The van der Waals surface area contributed by atoms with E-state index in [0.29, 0.717) is 17.5 Å². The van der Waals surface area contributed by atoms with Gasteiger partial charge in [0.25, 0.3) is 0 Å². The third-order valence-corrected chi connectivity index (χ3v) is 4.80. The predicted octanol–water partition coefficient (Wildman–Crippen LogP) is 3.20. The molecule has 0 spiro atoms. The maximum absolute atomic E-state index is 13.5. The molecule has 2 atom stereocenters. The first-order valence-electron chi connectivity index (χ1n) is 9.32. The minimum atomic E-state index is -0.756. The third-order valence-electron chi connectivity index (χ3n) is 4.80. The predicted molar refractivity (Wildman–Crippen MR) is 103 cm³/mol. The summed E-state index contributed by atoms with van der Waals surface area (Å²) >= 11 is 0. The van der Waals surface area contributed by atoms with Crippen LogP contribution in [-0.2, 0) is 32.0 Å². The summed E-state index contributed by atoms with van der Waals surface area (Å²) in [5.41, 5.74) is 1.95. The second kappa shape index (κ2) is 8.52. The molecule has 2 aromatic carbocycles. The third kappa shape index (κ3) is 4.76. The lowest BCUT2D eigenvalue weighted by molar-refractivity contribution is -0.148. The molecule has 1 aliphatic rings. The van der Waals surface area contributed by atoms with Gasteiger partial charge in [-0.1, -0.05) is 6.07 Å². The first-order chi connectivity index (χ1) is 14.1. The zero-order valence-electron chi connectivity index (χ0n) is 16.7. The van der Waals surface area contributed by atoms with E-state index < -0.39 is 41.5 Å². The quantitative estimate of drug-likeness (QED) is 0.604. The fourth-order valence-corrected chi connectivity index (χ4v) is 3.70. The number of hydrogen-bond acceptors (Lipinski definition) is 7. The van der Waals surface area contributed by atoms with Gasteiger partial charge in [0, 0.05) is 44.7 Å². The van der Waals surface area contributed by atoms with Crippen molar-refractivity contribution in [3.05, 3.63) is 52.8 Å². The maximum atomic E-state index is 13.5. The van der Waals surface area contributed by atoms with Crippen LogP contribution in [0.5, 0.6) is 17.2 Å². The van der Waals surface area contributed by atoms with Gasteiger partial charge >= 0.3 is 17.9 Å². The normalized spacial score (nSPS) is 17.6. The van der Waals surface area contributed by atoms with Gasteiger partial charge in [-0.05, 0) is 35.7 Å². The SMILES string of the molecule is CC(=O)Oc1cc2c(c(OC(C)=O)c1)C[C@H](OC(C)=O)[C@@H](c1ccc(F)c(O)c1)C2. The molecule has 0 amide bonds. The molecule has 0 bridgehead atoms. The summed E-state index contributed by atoms with van der Waals surface area (Å²) in [6.45, 7) is 3.79. The molecule has 0 saturated carbocycles. The van der Waals surface area contributed by atoms with E-state index in [2.05, 4.69) is 0 Å². The molecule has 7 nitrogen and oxygen atoms in total. The van der Waals surface area contributed by atoms with Crippen molar-refractivity contribution >= 4 is 17.9 Å². The second-order valence-electron chi connectivity index (χ2n) is 7.12. The molecule has 30 heavy (non-hydrogen) atoms. The molecule has 1 N–H and O–H groups in total. The second-order valence-corrected chi connectivity index (χ2v) is 7.12. The number of ether oxygens (including phenoxy) is 3. The molecule has 0 aromatic heterocycles. The lowest BCUT2D eigenvalue weighted by Crippen LogP contribution is -2.33. The van der Waals surface area contributed by atoms with E-state index in [4.69, 9.17) is 14.2 Å². The number of rotatable bonds is 4. The number of phenols is 1. The summed E-state index contributed by atoms with van der Waals surface area (Å²) < 4.78 is 29.5. The van der Waals surface area contributed by atoms with E-state index >= 15 is 0 Å². The fraction of sp³-hybridized carbons (Fsp3) is 0.318. The Morgan fingerprint density at radius 2 is 1.67 bits per heavy atom. The zero-order chi connectivity index (χ0) is 22.0. The average Bonchev–Trinajstić information content (AvgIpc) is 2.62. The Kier molecular flexibility index (Phi) is 6.05. The Balaban J connectivity index is 2.09. The molecule has 8 heteroatoms. The van der Waals surface area contributed by atoms with Crippen LogP contribution < -0.4 is 9.47 Å². The number of halogens is 1. The molecular weight excluding hydrogens is 395 g/mol. The van der Waals surface area contributed by atoms with Crippen molar-refractivity contribution in [3.63, 3.8) is 0 Å². The smallest absolute Gasteiger partial charge is 0.308 e. The zero-order valence-corrected chi connectivity index (χ0v) is 16.7. The molecule has 0 fully saturated rings. The van der Waals surface area contributed by atoms with E-state index in [1.54, 1.807) is 6.07 Å². The number of aromatic hydroxyl groups is 1. The Morgan fingerprint density at radius 3 is 2.27 bits per heavy atom. The van der Waals surface area contributed by atoms with Gasteiger partial charge in [0.15, 0.2) is 11.6 Å². The van der Waals surface area contributed by atoms with Crippen LogP contribution in [0.2, 0.25) is 0 Å². The standard InChI is InChI=1S/C22H21FO7/c1-11(24)28-16-6-15-7-17(14-4-5-19(23)20(27)8-14)22(30-13(3)26)10-18(15)21(9-16)29-12(2)25/h4-6,8-9,17,22,27H,7,10H2,1-3H3/t17-,22+/m1/s1. The van der Waals surface area contributed by atoms with Gasteiger partial charge in [0.05, 0.1) is 0 Å². The van der Waals surface area contributed by atoms with Crippen LogP contribution in [0, 0.1) is 5.82 Å². The van der Waals surface area contributed by atoms with Crippen LogP contribution >= 0.6 is 0 Å². The summed E-state index contributed by atoms with van der Waals surface area (Å²) in [6.07, 6.45) is -0.0867. The maximum Gasteiger partial charge on any atom is 0.308 e. The molecule has 0 radical (unpaired) electrons. The lowest BCUT2D eigenvalue weighted by atomic mass is 9.77. The summed E-state index contributed by atoms with van der Waals surface area (Å²) in [5, 5.41) is 9.78. The number of benzene rings is 2. The topological polar surface area (TPSA) is 99.1 Å². The van der Waals surface area contributed by atoms with E-state index in [1.165, 1.54) is 39.0 Å². The van der Waals surface area contributed by atoms with Gasteiger partial charge in [-0.25, -0.2) is 4.39 Å². The van der Waals surface area contributed by atoms with Crippen molar-refractivity contribution in [1.29, 1.82) is 0 Å². The van der Waals surface area contributed by atoms with Gasteiger partial charge in [0.2, 0.25) is 0 Å². The van der Waals surface area contributed by atoms with E-state index in [1.807, 2.05) is 0 Å². The Labute approximate surface area is 172 Å². The number of carbonyl (C=O) groups excluding carboxylic acids is 3. The number of phenolic OH excluding ortho intramolecular Hbond substituents is 1. The highest BCUT2D eigenvalue weighted by Gasteiger charge is 2.35. The van der Waals surface area contributed by atoms with E-state index in [0.717, 1.165) is 11.6 Å². The molecule has 0 saturated heterocycles. The highest BCUT2D eigenvalue weighted by atomic mass is 19.1.